The van der Waals surface area contributed by atoms with E-state index in [1.807, 2.05) is 24.5 Å². The van der Waals surface area contributed by atoms with Crippen molar-refractivity contribution in [3.05, 3.63) is 24.1 Å². The highest BCUT2D eigenvalue weighted by molar-refractivity contribution is 7.98. The lowest BCUT2D eigenvalue weighted by Crippen LogP contribution is -1.72. The minimum absolute atomic E-state index is 0.323. The third-order valence-corrected chi connectivity index (χ3v) is 2.71. The molecule has 0 N–H and O–H groups in total. The van der Waals surface area contributed by atoms with Crippen molar-refractivity contribution >= 4 is 34.5 Å². The molecule has 0 radical (unpaired) electrons. The first-order valence-electron chi connectivity index (χ1n) is 3.83. The van der Waals surface area contributed by atoms with Crippen molar-refractivity contribution in [3.63, 3.8) is 0 Å². The lowest BCUT2D eigenvalue weighted by molar-refractivity contribution is 0.554. The number of thioether (sulfide) groups is 1. The molecule has 1 aromatic heterocycles. The Kier molecular flexibility index (Phi) is 2.47. The molecule has 0 aliphatic heterocycles. The van der Waals surface area contributed by atoms with Crippen LogP contribution in [0.5, 0.6) is 0 Å². The first-order chi connectivity index (χ1) is 6.33. The van der Waals surface area contributed by atoms with E-state index in [9.17, 15) is 0 Å². The maximum Gasteiger partial charge on any atom is 0.210 e. The predicted molar refractivity (Wildman–Crippen MR) is 55.3 cm³/mol. The van der Waals surface area contributed by atoms with Crippen molar-refractivity contribution in [2.45, 2.75) is 10.8 Å². The molecular formula is C9H8ClNOS. The molecule has 4 heteroatoms. The van der Waals surface area contributed by atoms with Crippen LogP contribution in [0.25, 0.3) is 11.1 Å². The lowest BCUT2D eigenvalue weighted by atomic mass is 10.3. The standard InChI is InChI=1S/C9H8ClNOS/c1-13-6-2-3-7-8(4-6)12-9(5-10)11-7/h2-4H,5H2,1H3. The monoisotopic (exact) mass is 213 g/mol. The third kappa shape index (κ3) is 1.67. The number of rotatable bonds is 2. The van der Waals surface area contributed by atoms with Gasteiger partial charge in [0.05, 0.1) is 5.88 Å². The van der Waals surface area contributed by atoms with Gasteiger partial charge in [-0.1, -0.05) is 0 Å². The highest BCUT2D eigenvalue weighted by Crippen LogP contribution is 2.22. The Balaban J connectivity index is 2.57. The van der Waals surface area contributed by atoms with Gasteiger partial charge in [0.1, 0.15) is 5.52 Å². The number of hydrogen-bond donors (Lipinski definition) is 0. The van der Waals surface area contributed by atoms with Crippen LogP contribution in [0.2, 0.25) is 0 Å². The van der Waals surface area contributed by atoms with Gasteiger partial charge in [0, 0.05) is 4.90 Å². The molecule has 0 spiro atoms. The van der Waals surface area contributed by atoms with E-state index in [0.717, 1.165) is 11.1 Å². The summed E-state index contributed by atoms with van der Waals surface area (Å²) in [6.07, 6.45) is 2.03. The quantitative estimate of drug-likeness (QED) is 0.566. The van der Waals surface area contributed by atoms with E-state index < -0.39 is 0 Å². The number of nitrogens with zero attached hydrogens (tertiary/aromatic N) is 1. The average molecular weight is 214 g/mol. The van der Waals surface area contributed by atoms with E-state index in [-0.39, 0.29) is 0 Å². The van der Waals surface area contributed by atoms with Gasteiger partial charge in [0.15, 0.2) is 5.58 Å². The highest BCUT2D eigenvalue weighted by atomic mass is 35.5. The van der Waals surface area contributed by atoms with Crippen molar-refractivity contribution in [1.29, 1.82) is 0 Å². The molecular weight excluding hydrogens is 206 g/mol. The van der Waals surface area contributed by atoms with Crippen LogP contribution in [0.3, 0.4) is 0 Å². The SMILES string of the molecule is CSc1ccc2nc(CCl)oc2c1. The molecule has 2 aromatic rings. The Labute approximate surface area is 85.3 Å². The van der Waals surface area contributed by atoms with Crippen molar-refractivity contribution in [2.75, 3.05) is 6.26 Å². The smallest absolute Gasteiger partial charge is 0.210 e. The summed E-state index contributed by atoms with van der Waals surface area (Å²) < 4.78 is 5.40. The summed E-state index contributed by atoms with van der Waals surface area (Å²) in [5.74, 6) is 0.901. The van der Waals surface area contributed by atoms with Gasteiger partial charge in [-0.25, -0.2) is 4.98 Å². The number of alkyl halides is 1. The average Bonchev–Trinajstić information content (AvgIpc) is 2.58. The number of benzene rings is 1. The van der Waals surface area contributed by atoms with Crippen LogP contribution in [-0.4, -0.2) is 11.2 Å². The Bertz CT molecular complexity index is 424. The summed E-state index contributed by atoms with van der Waals surface area (Å²) in [5.41, 5.74) is 1.68. The largest absolute Gasteiger partial charge is 0.439 e. The molecule has 0 aliphatic carbocycles. The predicted octanol–water partition coefficient (Wildman–Crippen LogP) is 3.29. The van der Waals surface area contributed by atoms with Crippen LogP contribution < -0.4 is 0 Å². The number of aromatic nitrogens is 1. The normalized spacial score (nSPS) is 10.9. The minimum Gasteiger partial charge on any atom is -0.439 e. The number of fused-ring (bicyclic) bond motifs is 1. The molecule has 1 aromatic carbocycles. The molecule has 2 rings (SSSR count). The highest BCUT2D eigenvalue weighted by Gasteiger charge is 2.04. The Morgan fingerprint density at radius 1 is 1.54 bits per heavy atom. The molecule has 0 bridgehead atoms. The summed E-state index contributed by atoms with van der Waals surface area (Å²) in [6, 6.07) is 5.94. The second kappa shape index (κ2) is 3.60. The van der Waals surface area contributed by atoms with Gasteiger partial charge < -0.3 is 4.42 Å². The van der Waals surface area contributed by atoms with E-state index in [0.29, 0.717) is 11.8 Å². The van der Waals surface area contributed by atoms with Crippen molar-refractivity contribution in [3.8, 4) is 0 Å². The first kappa shape index (κ1) is 8.91. The van der Waals surface area contributed by atoms with Crippen LogP contribution >= 0.6 is 23.4 Å². The second-order valence-electron chi connectivity index (χ2n) is 2.57. The summed E-state index contributed by atoms with van der Waals surface area (Å²) >= 11 is 7.29. The van der Waals surface area contributed by atoms with Crippen molar-refractivity contribution in [2.24, 2.45) is 0 Å². The van der Waals surface area contributed by atoms with Crippen LogP contribution in [0.4, 0.5) is 0 Å². The summed E-state index contributed by atoms with van der Waals surface area (Å²) in [5, 5.41) is 0. The second-order valence-corrected chi connectivity index (χ2v) is 3.72. The summed E-state index contributed by atoms with van der Waals surface area (Å²) in [4.78, 5) is 5.37. The maximum absolute atomic E-state index is 5.61. The van der Waals surface area contributed by atoms with Gasteiger partial charge in [-0.05, 0) is 24.5 Å². The van der Waals surface area contributed by atoms with Crippen molar-refractivity contribution < 1.29 is 4.42 Å². The maximum atomic E-state index is 5.61. The van der Waals surface area contributed by atoms with E-state index >= 15 is 0 Å². The van der Waals surface area contributed by atoms with E-state index in [2.05, 4.69) is 4.98 Å². The van der Waals surface area contributed by atoms with Crippen molar-refractivity contribution in [1.82, 2.24) is 4.98 Å². The molecule has 0 atom stereocenters. The molecule has 0 fully saturated rings. The molecule has 0 amide bonds. The molecule has 13 heavy (non-hydrogen) atoms. The third-order valence-electron chi connectivity index (χ3n) is 1.75. The van der Waals surface area contributed by atoms with Gasteiger partial charge in [-0.15, -0.1) is 23.4 Å². The molecule has 68 valence electrons. The number of hydrogen-bond acceptors (Lipinski definition) is 3. The number of halogens is 1. The van der Waals surface area contributed by atoms with E-state index in [1.165, 1.54) is 4.90 Å². The Hall–Kier alpha value is -0.670. The van der Waals surface area contributed by atoms with Gasteiger partial charge in [0.2, 0.25) is 5.89 Å². The fraction of sp³-hybridized carbons (Fsp3) is 0.222. The minimum atomic E-state index is 0.323. The summed E-state index contributed by atoms with van der Waals surface area (Å²) in [6.45, 7) is 0. The topological polar surface area (TPSA) is 26.0 Å². The lowest BCUT2D eigenvalue weighted by Gasteiger charge is -1.92. The summed E-state index contributed by atoms with van der Waals surface area (Å²) in [7, 11) is 0. The van der Waals surface area contributed by atoms with Crippen LogP contribution in [0.1, 0.15) is 5.89 Å². The van der Waals surface area contributed by atoms with E-state index in [4.69, 9.17) is 16.0 Å². The number of oxazole rings is 1. The van der Waals surface area contributed by atoms with Gasteiger partial charge in [0.25, 0.3) is 0 Å². The van der Waals surface area contributed by atoms with Crippen LogP contribution in [0.15, 0.2) is 27.5 Å². The first-order valence-corrected chi connectivity index (χ1v) is 5.59. The fourth-order valence-corrected chi connectivity index (χ4v) is 1.68. The van der Waals surface area contributed by atoms with Gasteiger partial charge in [-0.3, -0.25) is 0 Å². The molecule has 0 aliphatic rings. The zero-order chi connectivity index (χ0) is 9.26. The van der Waals surface area contributed by atoms with E-state index in [1.54, 1.807) is 11.8 Å². The molecule has 0 saturated heterocycles. The zero-order valence-corrected chi connectivity index (χ0v) is 8.65. The Morgan fingerprint density at radius 2 is 2.38 bits per heavy atom. The fourth-order valence-electron chi connectivity index (χ4n) is 1.14. The van der Waals surface area contributed by atoms with Gasteiger partial charge >= 0.3 is 0 Å². The molecule has 1 heterocycles. The Morgan fingerprint density at radius 3 is 3.08 bits per heavy atom. The molecule has 2 nitrogen and oxygen atoms in total. The zero-order valence-electron chi connectivity index (χ0n) is 7.08. The van der Waals surface area contributed by atoms with Crippen LogP contribution in [-0.2, 0) is 5.88 Å². The molecule has 0 saturated carbocycles. The van der Waals surface area contributed by atoms with Gasteiger partial charge in [-0.2, -0.15) is 0 Å². The van der Waals surface area contributed by atoms with Crippen LogP contribution in [0, 0.1) is 0 Å². The molecule has 0 unspecified atom stereocenters.